The van der Waals surface area contributed by atoms with E-state index in [1.165, 1.54) is 12.1 Å². The summed E-state index contributed by atoms with van der Waals surface area (Å²) in [5.74, 6) is -1.60. The van der Waals surface area contributed by atoms with E-state index in [1.807, 2.05) is 6.92 Å². The molecule has 2 aromatic rings. The van der Waals surface area contributed by atoms with Crippen molar-refractivity contribution in [3.8, 4) is 0 Å². The van der Waals surface area contributed by atoms with E-state index in [0.717, 1.165) is 40.7 Å². The largest absolute Gasteiger partial charge is 0.352 e. The van der Waals surface area contributed by atoms with Crippen LogP contribution in [0.4, 0.5) is 14.5 Å². The number of carbonyl (C=O) groups excluding carboxylic acids is 1. The third kappa shape index (κ3) is 4.78. The highest BCUT2D eigenvalue weighted by Crippen LogP contribution is 2.24. The van der Waals surface area contributed by atoms with Gasteiger partial charge in [-0.3, -0.25) is 9.10 Å². The maximum absolute atomic E-state index is 13.2. The van der Waals surface area contributed by atoms with Crippen LogP contribution in [0.2, 0.25) is 0 Å². The lowest BCUT2D eigenvalue weighted by Gasteiger charge is -2.25. The number of nitrogens with one attached hydrogen (secondary N) is 1. The van der Waals surface area contributed by atoms with Gasteiger partial charge in [0.05, 0.1) is 10.6 Å². The molecular weight excluding hydrogens is 362 g/mol. The van der Waals surface area contributed by atoms with Gasteiger partial charge in [-0.15, -0.1) is 0 Å². The van der Waals surface area contributed by atoms with Crippen molar-refractivity contribution < 1.29 is 22.0 Å². The van der Waals surface area contributed by atoms with Crippen LogP contribution in [0.1, 0.15) is 20.3 Å². The lowest BCUT2D eigenvalue weighted by Crippen LogP contribution is -2.43. The third-order valence-electron chi connectivity index (χ3n) is 3.82. The van der Waals surface area contributed by atoms with Gasteiger partial charge in [-0.05, 0) is 61.9 Å². The van der Waals surface area contributed by atoms with Gasteiger partial charge in [0.25, 0.3) is 10.0 Å². The molecule has 0 aliphatic rings. The number of rotatable bonds is 7. The summed E-state index contributed by atoms with van der Waals surface area (Å²) in [6.07, 6.45) is 0.688. The molecule has 0 bridgehead atoms. The number of hydrogen-bond donors (Lipinski definition) is 1. The standard InChI is InChI=1S/C18H20F2N2O3S/c1-3-13(2)21-18(23)12-22(16-8-4-14(19)5-9-16)26(24,25)17-10-6-15(20)7-11-17/h4-11,13H,3,12H2,1-2H3,(H,21,23). The molecule has 5 nitrogen and oxygen atoms in total. The van der Waals surface area contributed by atoms with Crippen LogP contribution in [-0.2, 0) is 14.8 Å². The van der Waals surface area contributed by atoms with E-state index in [0.29, 0.717) is 6.42 Å². The first-order chi connectivity index (χ1) is 12.2. The summed E-state index contributed by atoms with van der Waals surface area (Å²) in [6.45, 7) is 3.21. The average Bonchev–Trinajstić information content (AvgIpc) is 2.60. The molecule has 1 N–H and O–H groups in total. The van der Waals surface area contributed by atoms with Crippen LogP contribution in [-0.4, -0.2) is 26.9 Å². The number of carbonyl (C=O) groups is 1. The van der Waals surface area contributed by atoms with Gasteiger partial charge in [0.15, 0.2) is 0 Å². The second-order valence-corrected chi connectivity index (χ2v) is 7.68. The molecule has 0 saturated carbocycles. The number of benzene rings is 2. The summed E-state index contributed by atoms with van der Waals surface area (Å²) in [5, 5.41) is 2.69. The average molecular weight is 382 g/mol. The zero-order chi connectivity index (χ0) is 19.3. The minimum Gasteiger partial charge on any atom is -0.352 e. The van der Waals surface area contributed by atoms with E-state index < -0.39 is 34.1 Å². The van der Waals surface area contributed by atoms with Crippen molar-refractivity contribution >= 4 is 21.6 Å². The van der Waals surface area contributed by atoms with Crippen LogP contribution in [0.15, 0.2) is 53.4 Å². The molecular formula is C18H20F2N2O3S. The lowest BCUT2D eigenvalue weighted by atomic mass is 10.2. The van der Waals surface area contributed by atoms with Gasteiger partial charge >= 0.3 is 0 Å². The molecule has 0 spiro atoms. The zero-order valence-corrected chi connectivity index (χ0v) is 15.3. The Kier molecular flexibility index (Phi) is 6.31. The minimum atomic E-state index is -4.14. The van der Waals surface area contributed by atoms with E-state index in [4.69, 9.17) is 0 Å². The molecule has 2 rings (SSSR count). The second-order valence-electron chi connectivity index (χ2n) is 5.82. The van der Waals surface area contributed by atoms with Crippen molar-refractivity contribution in [1.29, 1.82) is 0 Å². The van der Waals surface area contributed by atoms with Gasteiger partial charge in [-0.2, -0.15) is 0 Å². The smallest absolute Gasteiger partial charge is 0.264 e. The summed E-state index contributed by atoms with van der Waals surface area (Å²) in [7, 11) is -4.14. The summed E-state index contributed by atoms with van der Waals surface area (Å²) in [4.78, 5) is 12.1. The Labute approximate surface area is 151 Å². The van der Waals surface area contributed by atoms with E-state index in [1.54, 1.807) is 6.92 Å². The SMILES string of the molecule is CCC(C)NC(=O)CN(c1ccc(F)cc1)S(=O)(=O)c1ccc(F)cc1. The van der Waals surface area contributed by atoms with Crippen LogP contribution in [0, 0.1) is 11.6 Å². The monoisotopic (exact) mass is 382 g/mol. The van der Waals surface area contributed by atoms with Gasteiger partial charge in [-0.1, -0.05) is 6.92 Å². The quantitative estimate of drug-likeness (QED) is 0.800. The Bertz CT molecular complexity index is 853. The van der Waals surface area contributed by atoms with Crippen molar-refractivity contribution in [2.45, 2.75) is 31.2 Å². The Morgan fingerprint density at radius 1 is 1.04 bits per heavy atom. The van der Waals surface area contributed by atoms with Crippen molar-refractivity contribution in [1.82, 2.24) is 5.32 Å². The molecule has 0 aliphatic carbocycles. The second kappa shape index (κ2) is 8.27. The molecule has 0 radical (unpaired) electrons. The van der Waals surface area contributed by atoms with Crippen molar-refractivity contribution in [2.75, 3.05) is 10.8 Å². The summed E-state index contributed by atoms with van der Waals surface area (Å²) in [6, 6.07) is 8.92. The van der Waals surface area contributed by atoms with Crippen LogP contribution < -0.4 is 9.62 Å². The number of hydrogen-bond acceptors (Lipinski definition) is 3. The van der Waals surface area contributed by atoms with Gasteiger partial charge in [0.2, 0.25) is 5.91 Å². The van der Waals surface area contributed by atoms with Gasteiger partial charge < -0.3 is 5.32 Å². The zero-order valence-electron chi connectivity index (χ0n) is 14.4. The highest BCUT2D eigenvalue weighted by Gasteiger charge is 2.27. The van der Waals surface area contributed by atoms with Crippen LogP contribution in [0.3, 0.4) is 0 Å². The first-order valence-corrected chi connectivity index (χ1v) is 9.51. The molecule has 2 aromatic carbocycles. The minimum absolute atomic E-state index is 0.119. The number of halogens is 2. The predicted molar refractivity (Wildman–Crippen MR) is 95.2 cm³/mol. The van der Waals surface area contributed by atoms with E-state index in [2.05, 4.69) is 5.32 Å². The molecule has 0 fully saturated rings. The predicted octanol–water partition coefficient (Wildman–Crippen LogP) is 3.07. The number of anilines is 1. The van der Waals surface area contributed by atoms with Crippen molar-refractivity contribution in [3.63, 3.8) is 0 Å². The van der Waals surface area contributed by atoms with Gasteiger partial charge in [-0.25, -0.2) is 17.2 Å². The fourth-order valence-electron chi connectivity index (χ4n) is 2.21. The van der Waals surface area contributed by atoms with E-state index >= 15 is 0 Å². The third-order valence-corrected chi connectivity index (χ3v) is 5.61. The van der Waals surface area contributed by atoms with Gasteiger partial charge in [0.1, 0.15) is 18.2 Å². The molecule has 26 heavy (non-hydrogen) atoms. The molecule has 8 heteroatoms. The fourth-order valence-corrected chi connectivity index (χ4v) is 3.63. The molecule has 1 atom stereocenters. The molecule has 1 amide bonds. The van der Waals surface area contributed by atoms with Gasteiger partial charge in [0, 0.05) is 6.04 Å². The Morgan fingerprint density at radius 3 is 2.04 bits per heavy atom. The summed E-state index contributed by atoms with van der Waals surface area (Å²) < 4.78 is 53.1. The molecule has 0 heterocycles. The lowest BCUT2D eigenvalue weighted by molar-refractivity contribution is -0.120. The summed E-state index contributed by atoms with van der Waals surface area (Å²) >= 11 is 0. The highest BCUT2D eigenvalue weighted by atomic mass is 32.2. The van der Waals surface area contributed by atoms with Crippen LogP contribution in [0.25, 0.3) is 0 Å². The van der Waals surface area contributed by atoms with E-state index in [-0.39, 0.29) is 16.6 Å². The highest BCUT2D eigenvalue weighted by molar-refractivity contribution is 7.92. The summed E-state index contributed by atoms with van der Waals surface area (Å²) in [5.41, 5.74) is 0.134. The molecule has 140 valence electrons. The molecule has 0 saturated heterocycles. The Balaban J connectivity index is 2.40. The first-order valence-electron chi connectivity index (χ1n) is 8.07. The van der Waals surface area contributed by atoms with E-state index in [9.17, 15) is 22.0 Å². The van der Waals surface area contributed by atoms with Crippen molar-refractivity contribution in [3.05, 3.63) is 60.2 Å². The first kappa shape index (κ1) is 19.8. The van der Waals surface area contributed by atoms with Crippen LogP contribution in [0.5, 0.6) is 0 Å². The van der Waals surface area contributed by atoms with Crippen LogP contribution >= 0.6 is 0 Å². The Hall–Kier alpha value is -2.48. The molecule has 0 aliphatic heterocycles. The normalized spacial score (nSPS) is 12.5. The molecule has 1 unspecified atom stereocenters. The topological polar surface area (TPSA) is 66.5 Å². The Morgan fingerprint density at radius 2 is 1.54 bits per heavy atom. The van der Waals surface area contributed by atoms with Crippen molar-refractivity contribution in [2.24, 2.45) is 0 Å². The number of nitrogens with zero attached hydrogens (tertiary/aromatic N) is 1. The fraction of sp³-hybridized carbons (Fsp3) is 0.278. The molecule has 0 aromatic heterocycles. The number of sulfonamides is 1. The maximum Gasteiger partial charge on any atom is 0.264 e. The maximum atomic E-state index is 13.2. The number of amides is 1.